The first-order valence-electron chi connectivity index (χ1n) is 9.34. The van der Waals surface area contributed by atoms with E-state index >= 15 is 0 Å². The van der Waals surface area contributed by atoms with Crippen LogP contribution in [0, 0.1) is 0 Å². The Bertz CT molecular complexity index is 1240. The normalized spacial score (nSPS) is 20.4. The number of aromatic amines is 1. The van der Waals surface area contributed by atoms with E-state index in [9.17, 15) is 9.90 Å². The third-order valence-corrected chi connectivity index (χ3v) is 6.30. The summed E-state index contributed by atoms with van der Waals surface area (Å²) < 4.78 is 0. The molecule has 5 nitrogen and oxygen atoms in total. The lowest BCUT2D eigenvalue weighted by Gasteiger charge is -2.21. The number of hydrogen-bond donors (Lipinski definition) is 2. The maximum absolute atomic E-state index is 11.2. The van der Waals surface area contributed by atoms with Crippen molar-refractivity contribution in [2.75, 3.05) is 0 Å². The van der Waals surface area contributed by atoms with Gasteiger partial charge in [0.2, 0.25) is 0 Å². The number of aromatic nitrogens is 3. The largest absolute Gasteiger partial charge is 0.478 e. The van der Waals surface area contributed by atoms with E-state index in [-0.39, 0.29) is 0 Å². The molecule has 0 radical (unpaired) electrons. The molecular weight excluding hydrogens is 338 g/mol. The molecule has 2 aliphatic rings. The van der Waals surface area contributed by atoms with Gasteiger partial charge in [0.25, 0.3) is 0 Å². The summed E-state index contributed by atoms with van der Waals surface area (Å²) >= 11 is 0. The van der Waals surface area contributed by atoms with Crippen LogP contribution in [-0.4, -0.2) is 26.3 Å². The van der Waals surface area contributed by atoms with Crippen LogP contribution in [0.2, 0.25) is 0 Å². The fourth-order valence-electron chi connectivity index (χ4n) is 5.16. The quantitative estimate of drug-likeness (QED) is 0.539. The molecule has 2 aliphatic carbocycles. The summed E-state index contributed by atoms with van der Waals surface area (Å²) in [6, 6.07) is 11.2. The van der Waals surface area contributed by atoms with Gasteiger partial charge in [0.05, 0.1) is 28.5 Å². The van der Waals surface area contributed by atoms with Gasteiger partial charge in [0.1, 0.15) is 0 Å². The average molecular weight is 355 g/mol. The molecule has 2 aromatic heterocycles. The number of aromatic carboxylic acids is 1. The van der Waals surface area contributed by atoms with E-state index in [4.69, 9.17) is 4.98 Å². The lowest BCUT2D eigenvalue weighted by atomic mass is 9.85. The lowest BCUT2D eigenvalue weighted by Crippen LogP contribution is -2.05. The van der Waals surface area contributed by atoms with Gasteiger partial charge in [-0.15, -0.1) is 0 Å². The minimum atomic E-state index is -0.903. The van der Waals surface area contributed by atoms with Crippen LogP contribution in [0.15, 0.2) is 42.6 Å². The van der Waals surface area contributed by atoms with Crippen molar-refractivity contribution in [2.24, 2.45) is 0 Å². The second kappa shape index (κ2) is 5.16. The Morgan fingerprint density at radius 2 is 1.81 bits per heavy atom. The molecular formula is C22H17N3O2. The number of carboxylic acids is 1. The predicted octanol–water partition coefficient (Wildman–Crippen LogP) is 4.84. The number of carboxylic acid groups (broad SMARTS) is 1. The molecule has 1 fully saturated rings. The molecule has 0 unspecified atom stereocenters. The average Bonchev–Trinajstić information content (AvgIpc) is 3.43. The maximum atomic E-state index is 11.2. The van der Waals surface area contributed by atoms with Gasteiger partial charge in [0.15, 0.2) is 0 Å². The van der Waals surface area contributed by atoms with Crippen molar-refractivity contribution in [2.45, 2.75) is 31.1 Å². The smallest absolute Gasteiger partial charge is 0.335 e. The van der Waals surface area contributed by atoms with Crippen molar-refractivity contribution in [1.82, 2.24) is 15.2 Å². The fraction of sp³-hybridized carbons (Fsp3) is 0.227. The molecule has 5 heteroatoms. The Kier molecular flexibility index (Phi) is 2.85. The highest BCUT2D eigenvalue weighted by molar-refractivity contribution is 6.08. The first-order valence-corrected chi connectivity index (χ1v) is 9.34. The Morgan fingerprint density at radius 1 is 1.04 bits per heavy atom. The lowest BCUT2D eigenvalue weighted by molar-refractivity contribution is 0.0697. The summed E-state index contributed by atoms with van der Waals surface area (Å²) in [4.78, 5) is 16.2. The predicted molar refractivity (Wildman–Crippen MR) is 103 cm³/mol. The van der Waals surface area contributed by atoms with Crippen molar-refractivity contribution in [3.8, 4) is 11.3 Å². The summed E-state index contributed by atoms with van der Waals surface area (Å²) in [7, 11) is 0. The molecule has 2 heterocycles. The van der Waals surface area contributed by atoms with E-state index in [2.05, 4.69) is 16.3 Å². The van der Waals surface area contributed by atoms with Crippen molar-refractivity contribution in [1.29, 1.82) is 0 Å². The molecule has 27 heavy (non-hydrogen) atoms. The zero-order chi connectivity index (χ0) is 18.1. The summed E-state index contributed by atoms with van der Waals surface area (Å²) in [5.74, 6) is 0.242. The number of nitrogens with one attached hydrogen (secondary N) is 1. The number of H-pyrrole nitrogens is 1. The van der Waals surface area contributed by atoms with E-state index in [0.29, 0.717) is 17.4 Å². The Morgan fingerprint density at radius 3 is 2.59 bits per heavy atom. The van der Waals surface area contributed by atoms with Gasteiger partial charge < -0.3 is 5.11 Å². The minimum absolute atomic E-state index is 0.304. The van der Waals surface area contributed by atoms with Crippen LogP contribution in [0.3, 0.4) is 0 Å². The van der Waals surface area contributed by atoms with E-state index < -0.39 is 5.97 Å². The van der Waals surface area contributed by atoms with E-state index in [1.165, 1.54) is 35.8 Å². The summed E-state index contributed by atoms with van der Waals surface area (Å²) in [5, 5.41) is 18.9. The molecule has 1 saturated carbocycles. The zero-order valence-electron chi connectivity index (χ0n) is 14.6. The molecule has 0 spiro atoms. The third-order valence-electron chi connectivity index (χ3n) is 6.30. The highest BCUT2D eigenvalue weighted by Gasteiger charge is 2.41. The number of fused-ring (bicyclic) bond motifs is 9. The maximum Gasteiger partial charge on any atom is 0.335 e. The molecule has 2 atom stereocenters. The second-order valence-corrected chi connectivity index (χ2v) is 7.67. The number of hydrogen-bond acceptors (Lipinski definition) is 3. The van der Waals surface area contributed by atoms with Crippen LogP contribution in [0.25, 0.3) is 33.1 Å². The van der Waals surface area contributed by atoms with Crippen molar-refractivity contribution in [3.05, 3.63) is 59.3 Å². The highest BCUT2D eigenvalue weighted by Crippen LogP contribution is 2.57. The third kappa shape index (κ3) is 1.97. The molecule has 0 aliphatic heterocycles. The second-order valence-electron chi connectivity index (χ2n) is 7.67. The van der Waals surface area contributed by atoms with Gasteiger partial charge >= 0.3 is 5.97 Å². The first-order chi connectivity index (χ1) is 13.2. The van der Waals surface area contributed by atoms with Crippen LogP contribution >= 0.6 is 0 Å². The van der Waals surface area contributed by atoms with Gasteiger partial charge in [-0.2, -0.15) is 5.10 Å². The fourth-order valence-corrected chi connectivity index (χ4v) is 5.16. The standard InChI is InChI=1S/C22H17N3O2/c26-22(27)12-3-1-11(2-4-12)21-19-14-6-5-13(9-14)18(19)20-15-10-23-25-16(15)7-8-17(20)24-21/h1-4,7-8,10,13-14H,5-6,9H2,(H,23,25)(H,26,27)/t13-,14+/m1/s1. The summed E-state index contributed by atoms with van der Waals surface area (Å²) in [6.07, 6.45) is 5.56. The molecule has 4 aromatic rings. The van der Waals surface area contributed by atoms with Gasteiger partial charge in [-0.1, -0.05) is 12.1 Å². The van der Waals surface area contributed by atoms with Crippen LogP contribution in [0.4, 0.5) is 0 Å². The Labute approximate surface area is 155 Å². The van der Waals surface area contributed by atoms with Crippen LogP contribution in [0.5, 0.6) is 0 Å². The van der Waals surface area contributed by atoms with Crippen LogP contribution in [0.1, 0.15) is 52.6 Å². The molecule has 0 saturated heterocycles. The topological polar surface area (TPSA) is 78.9 Å². The number of carbonyl (C=O) groups is 1. The van der Waals surface area contributed by atoms with Crippen molar-refractivity contribution < 1.29 is 9.90 Å². The summed E-state index contributed by atoms with van der Waals surface area (Å²) in [5.41, 5.74) is 7.18. The van der Waals surface area contributed by atoms with E-state index in [1.807, 2.05) is 24.4 Å². The van der Waals surface area contributed by atoms with Crippen molar-refractivity contribution in [3.63, 3.8) is 0 Å². The number of rotatable bonds is 2. The molecule has 2 N–H and O–H groups in total. The van der Waals surface area contributed by atoms with Gasteiger partial charge in [-0.05, 0) is 66.5 Å². The molecule has 132 valence electrons. The van der Waals surface area contributed by atoms with Gasteiger partial charge in [-0.3, -0.25) is 5.10 Å². The Hall–Kier alpha value is -3.21. The molecule has 2 aromatic carbocycles. The van der Waals surface area contributed by atoms with Crippen LogP contribution in [-0.2, 0) is 0 Å². The zero-order valence-corrected chi connectivity index (χ0v) is 14.6. The molecule has 6 rings (SSSR count). The monoisotopic (exact) mass is 355 g/mol. The summed E-state index contributed by atoms with van der Waals surface area (Å²) in [6.45, 7) is 0. The molecule has 0 amide bonds. The van der Waals surface area contributed by atoms with Crippen LogP contribution < -0.4 is 0 Å². The Balaban J connectivity index is 1.68. The minimum Gasteiger partial charge on any atom is -0.478 e. The number of nitrogens with zero attached hydrogens (tertiary/aromatic N) is 2. The molecule has 2 bridgehead atoms. The first kappa shape index (κ1) is 14.9. The van der Waals surface area contributed by atoms with E-state index in [0.717, 1.165) is 27.7 Å². The SMILES string of the molecule is O=C(O)c1ccc(-c2nc3ccc4[nH]ncc4c3c3c2[C@H]2CC[C@@H]3C2)cc1. The van der Waals surface area contributed by atoms with E-state index in [1.54, 1.807) is 12.1 Å². The van der Waals surface area contributed by atoms with Crippen molar-refractivity contribution >= 4 is 27.8 Å². The van der Waals surface area contributed by atoms with Gasteiger partial charge in [0, 0.05) is 16.3 Å². The van der Waals surface area contributed by atoms with Gasteiger partial charge in [-0.25, -0.2) is 9.78 Å². The number of benzene rings is 2. The number of pyridine rings is 1. The highest BCUT2D eigenvalue weighted by atomic mass is 16.4.